The smallest absolute Gasteiger partial charge is 0.411 e. The molecule has 1 aromatic rings. The highest BCUT2D eigenvalue weighted by molar-refractivity contribution is 5.84. The van der Waals surface area contributed by atoms with Gasteiger partial charge in [-0.25, -0.2) is 4.79 Å². The zero-order chi connectivity index (χ0) is 14.2. The minimum atomic E-state index is -0.492. The minimum absolute atomic E-state index is 0.0818. The van der Waals surface area contributed by atoms with Crippen LogP contribution in [-0.2, 0) is 20.8 Å². The number of hydrogen-bond acceptors (Lipinski definition) is 4. The van der Waals surface area contributed by atoms with Gasteiger partial charge in [0.1, 0.15) is 6.61 Å². The molecule has 1 unspecified atom stereocenters. The van der Waals surface area contributed by atoms with Crippen LogP contribution in [0.15, 0.2) is 36.9 Å². The average Bonchev–Trinajstić information content (AvgIpc) is 2.98. The Kier molecular flexibility index (Phi) is 5.58. The van der Waals surface area contributed by atoms with E-state index < -0.39 is 6.09 Å². The van der Waals surface area contributed by atoms with Crippen LogP contribution in [0.5, 0.6) is 0 Å². The molecule has 1 N–H and O–H groups in total. The number of rotatable bonds is 6. The number of anilines is 1. The quantitative estimate of drug-likeness (QED) is 0.812. The van der Waals surface area contributed by atoms with Crippen molar-refractivity contribution in [2.24, 2.45) is 0 Å². The van der Waals surface area contributed by atoms with Crippen LogP contribution < -0.4 is 5.32 Å². The lowest BCUT2D eigenvalue weighted by Crippen LogP contribution is -2.13. The Morgan fingerprint density at radius 3 is 2.90 bits per heavy atom. The summed E-state index contributed by atoms with van der Waals surface area (Å²) < 4.78 is 15.8. The average molecular weight is 277 g/mol. The second kappa shape index (κ2) is 7.67. The number of nitrogens with one attached hydrogen (secondary N) is 1. The van der Waals surface area contributed by atoms with Crippen LogP contribution in [0.25, 0.3) is 0 Å². The van der Waals surface area contributed by atoms with Crippen LogP contribution in [0.2, 0.25) is 0 Å². The van der Waals surface area contributed by atoms with Crippen molar-refractivity contribution in [2.75, 3.05) is 18.5 Å². The van der Waals surface area contributed by atoms with Crippen molar-refractivity contribution in [1.82, 2.24) is 0 Å². The van der Waals surface area contributed by atoms with Crippen LogP contribution in [0.4, 0.5) is 10.5 Å². The van der Waals surface area contributed by atoms with Gasteiger partial charge in [-0.3, -0.25) is 5.32 Å². The van der Waals surface area contributed by atoms with Gasteiger partial charge in [0.2, 0.25) is 0 Å². The highest BCUT2D eigenvalue weighted by Crippen LogP contribution is 2.16. The molecule has 108 valence electrons. The lowest BCUT2D eigenvalue weighted by atomic mass is 10.2. The van der Waals surface area contributed by atoms with Crippen LogP contribution in [0, 0.1) is 0 Å². The molecule has 0 saturated carbocycles. The first-order valence-corrected chi connectivity index (χ1v) is 6.65. The van der Waals surface area contributed by atoms with E-state index in [0.717, 1.165) is 25.0 Å². The maximum absolute atomic E-state index is 11.3. The van der Waals surface area contributed by atoms with Crippen LogP contribution in [0.3, 0.4) is 0 Å². The molecule has 1 amide bonds. The van der Waals surface area contributed by atoms with Gasteiger partial charge in [0, 0.05) is 18.7 Å². The third-order valence-electron chi connectivity index (χ3n) is 2.86. The van der Waals surface area contributed by atoms with Gasteiger partial charge >= 0.3 is 6.09 Å². The summed E-state index contributed by atoms with van der Waals surface area (Å²) in [4.78, 5) is 11.3. The highest BCUT2D eigenvalue weighted by atomic mass is 16.7. The number of carbonyl (C=O) groups is 1. The number of carbonyl (C=O) groups excluding carboxylic acids is 1. The van der Waals surface area contributed by atoms with Gasteiger partial charge in [-0.1, -0.05) is 24.8 Å². The van der Waals surface area contributed by atoms with Crippen molar-refractivity contribution in [2.45, 2.75) is 25.7 Å². The van der Waals surface area contributed by atoms with Crippen molar-refractivity contribution in [3.05, 3.63) is 42.5 Å². The van der Waals surface area contributed by atoms with Crippen molar-refractivity contribution in [1.29, 1.82) is 0 Å². The summed E-state index contributed by atoms with van der Waals surface area (Å²) in [6.07, 6.45) is 2.95. The van der Waals surface area contributed by atoms with E-state index in [4.69, 9.17) is 14.2 Å². The van der Waals surface area contributed by atoms with E-state index in [9.17, 15) is 4.79 Å². The summed E-state index contributed by atoms with van der Waals surface area (Å²) in [5, 5.41) is 2.63. The monoisotopic (exact) mass is 277 g/mol. The Balaban J connectivity index is 1.76. The molecular weight excluding hydrogens is 258 g/mol. The van der Waals surface area contributed by atoms with Gasteiger partial charge in [-0.2, -0.15) is 0 Å². The maximum Gasteiger partial charge on any atom is 0.411 e. The molecule has 0 spiro atoms. The molecule has 1 heterocycles. The summed E-state index contributed by atoms with van der Waals surface area (Å²) in [5.41, 5.74) is 1.71. The van der Waals surface area contributed by atoms with Gasteiger partial charge in [-0.15, -0.1) is 0 Å². The summed E-state index contributed by atoms with van der Waals surface area (Å²) in [6, 6.07) is 7.42. The minimum Gasteiger partial charge on any atom is -0.445 e. The largest absolute Gasteiger partial charge is 0.445 e. The number of hydrogen-bond donors (Lipinski definition) is 1. The van der Waals surface area contributed by atoms with E-state index in [-0.39, 0.29) is 12.9 Å². The van der Waals surface area contributed by atoms with E-state index in [2.05, 4.69) is 11.9 Å². The van der Waals surface area contributed by atoms with E-state index in [1.54, 1.807) is 0 Å². The predicted octanol–water partition coefficient (Wildman–Crippen LogP) is 3.07. The zero-order valence-corrected chi connectivity index (χ0v) is 11.3. The van der Waals surface area contributed by atoms with Crippen molar-refractivity contribution in [3.8, 4) is 0 Å². The third kappa shape index (κ3) is 4.68. The van der Waals surface area contributed by atoms with Crippen LogP contribution in [-0.4, -0.2) is 25.6 Å². The Hall–Kier alpha value is -1.85. The topological polar surface area (TPSA) is 56.8 Å². The molecule has 0 bridgehead atoms. The zero-order valence-electron chi connectivity index (χ0n) is 11.3. The molecule has 2 rings (SSSR count). The Labute approximate surface area is 118 Å². The second-order valence-corrected chi connectivity index (χ2v) is 4.46. The van der Waals surface area contributed by atoms with Crippen LogP contribution in [0.1, 0.15) is 18.4 Å². The van der Waals surface area contributed by atoms with E-state index in [1.165, 1.54) is 6.08 Å². The standard InChI is InChI=1S/C15H19NO4/c1-2-9-19-15(17)16-13-7-5-12(6-8-13)11-20-14-4-3-10-18-14/h2,5-8,14H,1,3-4,9-11H2,(H,16,17). The van der Waals surface area contributed by atoms with Crippen LogP contribution >= 0.6 is 0 Å². The fourth-order valence-electron chi connectivity index (χ4n) is 1.84. The molecule has 1 fully saturated rings. The SMILES string of the molecule is C=CCOC(=O)Nc1ccc(COC2CCCO2)cc1. The molecule has 0 aromatic heterocycles. The summed E-state index contributed by atoms with van der Waals surface area (Å²) in [6.45, 7) is 4.95. The first-order valence-electron chi connectivity index (χ1n) is 6.65. The molecule has 1 aliphatic rings. The lowest BCUT2D eigenvalue weighted by Gasteiger charge is -2.11. The first-order chi connectivity index (χ1) is 9.78. The number of ether oxygens (including phenoxy) is 3. The molecule has 1 atom stereocenters. The molecule has 1 aromatic carbocycles. The molecule has 20 heavy (non-hydrogen) atoms. The van der Waals surface area contributed by atoms with E-state index in [0.29, 0.717) is 12.3 Å². The van der Waals surface area contributed by atoms with Gasteiger partial charge in [-0.05, 0) is 24.1 Å². The Morgan fingerprint density at radius 1 is 1.45 bits per heavy atom. The van der Waals surface area contributed by atoms with E-state index >= 15 is 0 Å². The first kappa shape index (κ1) is 14.6. The number of amides is 1. The molecule has 5 nitrogen and oxygen atoms in total. The Bertz CT molecular complexity index is 438. The third-order valence-corrected chi connectivity index (χ3v) is 2.86. The lowest BCUT2D eigenvalue weighted by molar-refractivity contribution is -0.118. The van der Waals surface area contributed by atoms with Gasteiger partial charge in [0.25, 0.3) is 0 Å². The second-order valence-electron chi connectivity index (χ2n) is 4.46. The molecule has 5 heteroatoms. The normalized spacial score (nSPS) is 17.7. The van der Waals surface area contributed by atoms with Crippen molar-refractivity contribution >= 4 is 11.8 Å². The van der Waals surface area contributed by atoms with Crippen molar-refractivity contribution in [3.63, 3.8) is 0 Å². The predicted molar refractivity (Wildman–Crippen MR) is 75.4 cm³/mol. The molecule has 0 aliphatic carbocycles. The summed E-state index contributed by atoms with van der Waals surface area (Å²) in [7, 11) is 0. The highest BCUT2D eigenvalue weighted by Gasteiger charge is 2.15. The number of benzene rings is 1. The van der Waals surface area contributed by atoms with Gasteiger partial charge < -0.3 is 14.2 Å². The van der Waals surface area contributed by atoms with Gasteiger partial charge in [0.05, 0.1) is 6.61 Å². The summed E-state index contributed by atoms with van der Waals surface area (Å²) in [5.74, 6) is 0. The molecule has 1 saturated heterocycles. The fraction of sp³-hybridized carbons (Fsp3) is 0.400. The fourth-order valence-corrected chi connectivity index (χ4v) is 1.84. The van der Waals surface area contributed by atoms with Gasteiger partial charge in [0.15, 0.2) is 6.29 Å². The maximum atomic E-state index is 11.3. The van der Waals surface area contributed by atoms with E-state index in [1.807, 2.05) is 24.3 Å². The molecular formula is C15H19NO4. The summed E-state index contributed by atoms with van der Waals surface area (Å²) >= 11 is 0. The Morgan fingerprint density at radius 2 is 2.25 bits per heavy atom. The molecule has 0 radical (unpaired) electrons. The molecule has 1 aliphatic heterocycles. The van der Waals surface area contributed by atoms with Crippen molar-refractivity contribution < 1.29 is 19.0 Å².